The maximum absolute atomic E-state index is 11.7. The maximum atomic E-state index is 11.7. The summed E-state index contributed by atoms with van der Waals surface area (Å²) in [6.45, 7) is 1.04. The van der Waals surface area contributed by atoms with Gasteiger partial charge in [-0.15, -0.1) is 11.3 Å². The van der Waals surface area contributed by atoms with E-state index in [4.69, 9.17) is 9.15 Å². The summed E-state index contributed by atoms with van der Waals surface area (Å²) in [6, 6.07) is 6.51. The number of hydrogen-bond donors (Lipinski definition) is 2. The van der Waals surface area contributed by atoms with Gasteiger partial charge in [0.15, 0.2) is 6.61 Å². The van der Waals surface area contributed by atoms with Gasteiger partial charge >= 0.3 is 5.97 Å². The van der Waals surface area contributed by atoms with Crippen LogP contribution in [0.5, 0.6) is 0 Å². The standard InChI is InChI=1S/C15H16N2O5S/c1-10(11-4-2-6-21-11)17-13(18)9-22-14(19)8-16-15(20)12-5-3-7-23-12/h2-7,10H,8-9H2,1H3,(H,16,20)(H,17,18)/t10-/m0/s1. The third-order valence-corrected chi connectivity index (χ3v) is 3.72. The van der Waals surface area contributed by atoms with Crippen molar-refractivity contribution in [2.24, 2.45) is 0 Å². The first kappa shape index (κ1) is 16.8. The van der Waals surface area contributed by atoms with E-state index in [-0.39, 0.29) is 18.5 Å². The van der Waals surface area contributed by atoms with E-state index in [1.165, 1.54) is 17.6 Å². The highest BCUT2D eigenvalue weighted by molar-refractivity contribution is 7.12. The number of furan rings is 1. The maximum Gasteiger partial charge on any atom is 0.325 e. The Hall–Kier alpha value is -2.61. The van der Waals surface area contributed by atoms with E-state index in [9.17, 15) is 14.4 Å². The minimum Gasteiger partial charge on any atom is -0.467 e. The average Bonchev–Trinajstić information content (AvgIpc) is 3.23. The Morgan fingerprint density at radius 1 is 1.30 bits per heavy atom. The van der Waals surface area contributed by atoms with Crippen molar-refractivity contribution >= 4 is 29.1 Å². The highest BCUT2D eigenvalue weighted by atomic mass is 32.1. The zero-order chi connectivity index (χ0) is 16.7. The normalized spacial score (nSPS) is 11.5. The molecule has 2 N–H and O–H groups in total. The molecule has 0 aromatic carbocycles. The molecule has 0 aliphatic rings. The zero-order valence-corrected chi connectivity index (χ0v) is 13.2. The topological polar surface area (TPSA) is 97.6 Å². The Labute approximate surface area is 136 Å². The molecule has 0 saturated heterocycles. The van der Waals surface area contributed by atoms with Crippen LogP contribution in [0.2, 0.25) is 0 Å². The average molecular weight is 336 g/mol. The van der Waals surface area contributed by atoms with Gasteiger partial charge in [-0.3, -0.25) is 14.4 Å². The summed E-state index contributed by atoms with van der Waals surface area (Å²) in [5.74, 6) is -0.886. The predicted octanol–water partition coefficient (Wildman–Crippen LogP) is 1.49. The fourth-order valence-electron chi connectivity index (χ4n) is 1.74. The Kier molecular flexibility index (Phi) is 5.93. The summed E-state index contributed by atoms with van der Waals surface area (Å²) in [5, 5.41) is 6.81. The van der Waals surface area contributed by atoms with Crippen molar-refractivity contribution in [3.05, 3.63) is 46.5 Å². The molecule has 122 valence electrons. The number of ether oxygens (including phenoxy) is 1. The first-order valence-corrected chi connectivity index (χ1v) is 7.74. The number of carbonyl (C=O) groups is 3. The highest BCUT2D eigenvalue weighted by Crippen LogP contribution is 2.11. The number of nitrogens with one attached hydrogen (secondary N) is 2. The summed E-state index contributed by atoms with van der Waals surface area (Å²) >= 11 is 1.27. The molecule has 0 bridgehead atoms. The Morgan fingerprint density at radius 3 is 2.78 bits per heavy atom. The molecule has 0 unspecified atom stereocenters. The molecule has 8 heteroatoms. The van der Waals surface area contributed by atoms with Crippen molar-refractivity contribution < 1.29 is 23.5 Å². The summed E-state index contributed by atoms with van der Waals surface area (Å²) in [4.78, 5) is 35.3. The van der Waals surface area contributed by atoms with E-state index in [0.29, 0.717) is 10.6 Å². The van der Waals surface area contributed by atoms with Crippen LogP contribution in [0.3, 0.4) is 0 Å². The molecule has 2 heterocycles. The monoisotopic (exact) mass is 336 g/mol. The van der Waals surface area contributed by atoms with Crippen LogP contribution in [0.1, 0.15) is 28.4 Å². The molecule has 2 amide bonds. The summed E-state index contributed by atoms with van der Waals surface area (Å²) in [6.07, 6.45) is 1.51. The molecule has 0 saturated carbocycles. The number of amides is 2. The van der Waals surface area contributed by atoms with E-state index in [2.05, 4.69) is 10.6 Å². The predicted molar refractivity (Wildman–Crippen MR) is 82.9 cm³/mol. The van der Waals surface area contributed by atoms with E-state index < -0.39 is 18.5 Å². The van der Waals surface area contributed by atoms with Crippen molar-refractivity contribution in [1.29, 1.82) is 0 Å². The lowest BCUT2D eigenvalue weighted by Crippen LogP contribution is -2.34. The zero-order valence-electron chi connectivity index (χ0n) is 12.4. The SMILES string of the molecule is C[C@H](NC(=O)COC(=O)CNC(=O)c1cccs1)c1ccco1. The second-order valence-electron chi connectivity index (χ2n) is 4.63. The Balaban J connectivity index is 1.65. The molecule has 2 aromatic heterocycles. The van der Waals surface area contributed by atoms with Crippen molar-refractivity contribution in [2.45, 2.75) is 13.0 Å². The molecule has 2 aromatic rings. The first-order chi connectivity index (χ1) is 11.1. The molecule has 1 atom stereocenters. The molecule has 23 heavy (non-hydrogen) atoms. The van der Waals surface area contributed by atoms with Crippen LogP contribution in [-0.2, 0) is 14.3 Å². The molecule has 7 nitrogen and oxygen atoms in total. The molecule has 0 aliphatic carbocycles. The molecule has 0 fully saturated rings. The lowest BCUT2D eigenvalue weighted by molar-refractivity contribution is -0.147. The Morgan fingerprint density at radius 2 is 2.13 bits per heavy atom. The van der Waals surface area contributed by atoms with Crippen LogP contribution < -0.4 is 10.6 Å². The molecule has 0 radical (unpaired) electrons. The second kappa shape index (κ2) is 8.14. The van der Waals surface area contributed by atoms with Crippen LogP contribution in [0.15, 0.2) is 40.3 Å². The number of hydrogen-bond acceptors (Lipinski definition) is 6. The van der Waals surface area contributed by atoms with Crippen molar-refractivity contribution in [3.8, 4) is 0 Å². The Bertz CT molecular complexity index is 651. The molecule has 2 rings (SSSR count). The van der Waals surface area contributed by atoms with Gasteiger partial charge in [0.2, 0.25) is 0 Å². The van der Waals surface area contributed by atoms with E-state index in [1.807, 2.05) is 0 Å². The van der Waals surface area contributed by atoms with Gasteiger partial charge < -0.3 is 19.8 Å². The van der Waals surface area contributed by atoms with Crippen LogP contribution >= 0.6 is 11.3 Å². The van der Waals surface area contributed by atoms with Crippen molar-refractivity contribution in [1.82, 2.24) is 10.6 Å². The first-order valence-electron chi connectivity index (χ1n) is 6.86. The van der Waals surface area contributed by atoms with Crippen molar-refractivity contribution in [3.63, 3.8) is 0 Å². The van der Waals surface area contributed by atoms with Gasteiger partial charge in [0.25, 0.3) is 11.8 Å². The smallest absolute Gasteiger partial charge is 0.325 e. The van der Waals surface area contributed by atoms with E-state index in [0.717, 1.165) is 0 Å². The van der Waals surface area contributed by atoms with Gasteiger partial charge in [-0.25, -0.2) is 0 Å². The fourth-order valence-corrected chi connectivity index (χ4v) is 2.38. The van der Waals surface area contributed by atoms with E-state index >= 15 is 0 Å². The number of rotatable bonds is 7. The van der Waals surface area contributed by atoms with Crippen LogP contribution in [0, 0.1) is 0 Å². The lowest BCUT2D eigenvalue weighted by atomic mass is 10.2. The summed E-state index contributed by atoms with van der Waals surface area (Å²) in [5.41, 5.74) is 0. The number of carbonyl (C=O) groups excluding carboxylic acids is 3. The molecular weight excluding hydrogens is 320 g/mol. The van der Waals surface area contributed by atoms with Crippen LogP contribution in [0.4, 0.5) is 0 Å². The third kappa shape index (κ3) is 5.26. The fraction of sp³-hybridized carbons (Fsp3) is 0.267. The van der Waals surface area contributed by atoms with Gasteiger partial charge in [0, 0.05) is 0 Å². The minimum absolute atomic E-state index is 0.294. The third-order valence-electron chi connectivity index (χ3n) is 2.85. The van der Waals surface area contributed by atoms with Crippen LogP contribution in [0.25, 0.3) is 0 Å². The summed E-state index contributed by atoms with van der Waals surface area (Å²) in [7, 11) is 0. The van der Waals surface area contributed by atoms with Crippen LogP contribution in [-0.4, -0.2) is 30.9 Å². The minimum atomic E-state index is -0.685. The van der Waals surface area contributed by atoms with Gasteiger partial charge in [0.1, 0.15) is 12.3 Å². The van der Waals surface area contributed by atoms with E-state index in [1.54, 1.807) is 36.6 Å². The molecule has 0 spiro atoms. The second-order valence-corrected chi connectivity index (χ2v) is 5.57. The van der Waals surface area contributed by atoms with Gasteiger partial charge in [0.05, 0.1) is 17.2 Å². The molecule has 0 aliphatic heterocycles. The quantitative estimate of drug-likeness (QED) is 0.747. The van der Waals surface area contributed by atoms with Gasteiger partial charge in [-0.1, -0.05) is 6.07 Å². The summed E-state index contributed by atoms with van der Waals surface area (Å²) < 4.78 is 9.95. The largest absolute Gasteiger partial charge is 0.467 e. The molecular formula is C15H16N2O5S. The van der Waals surface area contributed by atoms with Gasteiger partial charge in [-0.2, -0.15) is 0 Å². The highest BCUT2D eigenvalue weighted by Gasteiger charge is 2.14. The lowest BCUT2D eigenvalue weighted by Gasteiger charge is -2.11. The van der Waals surface area contributed by atoms with Crippen molar-refractivity contribution in [2.75, 3.05) is 13.2 Å². The number of thiophene rings is 1. The number of esters is 1. The van der Waals surface area contributed by atoms with Gasteiger partial charge in [-0.05, 0) is 30.5 Å².